The average Bonchev–Trinajstić information content (AvgIpc) is 3.40. The summed E-state index contributed by atoms with van der Waals surface area (Å²) in [5.41, 5.74) is 0.679. The molecular formula is C33H21F2NO3. The number of anilines is 1. The van der Waals surface area contributed by atoms with Crippen LogP contribution in [0.3, 0.4) is 0 Å². The average molecular weight is 518 g/mol. The fourth-order valence-corrected chi connectivity index (χ4v) is 6.78. The summed E-state index contributed by atoms with van der Waals surface area (Å²) < 4.78 is 29.2. The molecule has 4 nitrogen and oxygen atoms in total. The van der Waals surface area contributed by atoms with Gasteiger partial charge in [0, 0.05) is 22.7 Å². The summed E-state index contributed by atoms with van der Waals surface area (Å²) in [5.74, 6) is -3.52. The summed E-state index contributed by atoms with van der Waals surface area (Å²) in [4.78, 5) is 45.2. The Morgan fingerprint density at radius 1 is 0.744 bits per heavy atom. The van der Waals surface area contributed by atoms with E-state index >= 15 is 4.39 Å². The van der Waals surface area contributed by atoms with Gasteiger partial charge in [0.15, 0.2) is 17.3 Å². The van der Waals surface area contributed by atoms with Gasteiger partial charge in [-0.25, -0.2) is 8.78 Å². The number of Topliss-reactive ketones (excluding diaryl/α,β-unsaturated/α-hetero) is 3. The highest BCUT2D eigenvalue weighted by Gasteiger charge is 2.71. The minimum Gasteiger partial charge on any atom is -0.352 e. The third-order valence-electron chi connectivity index (χ3n) is 8.35. The normalized spacial score (nSPS) is 22.1. The molecule has 2 aliphatic heterocycles. The maximum atomic E-state index is 15.1. The quantitative estimate of drug-likeness (QED) is 0.237. The fourth-order valence-electron chi connectivity index (χ4n) is 6.78. The van der Waals surface area contributed by atoms with E-state index in [1.54, 1.807) is 41.3 Å². The van der Waals surface area contributed by atoms with Crippen molar-refractivity contribution in [3.05, 3.63) is 143 Å². The number of benzene rings is 4. The molecule has 1 aliphatic carbocycles. The summed E-state index contributed by atoms with van der Waals surface area (Å²) >= 11 is 0. The summed E-state index contributed by atoms with van der Waals surface area (Å²) in [6, 6.07) is 23.4. The zero-order valence-corrected chi connectivity index (χ0v) is 20.6. The maximum Gasteiger partial charge on any atom is 0.188 e. The number of para-hydroxylation sites is 1. The Labute approximate surface area is 223 Å². The number of carbonyl (C=O) groups is 3. The Morgan fingerprint density at radius 3 is 2.05 bits per heavy atom. The molecule has 6 heteroatoms. The molecule has 1 saturated heterocycles. The maximum absolute atomic E-state index is 15.1. The molecular weight excluding hydrogens is 496 g/mol. The van der Waals surface area contributed by atoms with Gasteiger partial charge in [-0.1, -0.05) is 78.9 Å². The minimum atomic E-state index is -1.71. The van der Waals surface area contributed by atoms with Crippen LogP contribution in [0.1, 0.15) is 48.1 Å². The van der Waals surface area contributed by atoms with Crippen molar-refractivity contribution in [1.82, 2.24) is 0 Å². The van der Waals surface area contributed by atoms with E-state index in [0.717, 1.165) is 5.56 Å². The molecule has 1 spiro atoms. The van der Waals surface area contributed by atoms with Gasteiger partial charge < -0.3 is 4.90 Å². The summed E-state index contributed by atoms with van der Waals surface area (Å²) in [5, 5.41) is 0. The number of carbonyl (C=O) groups excluding carboxylic acids is 3. The lowest BCUT2D eigenvalue weighted by Gasteiger charge is -2.37. The van der Waals surface area contributed by atoms with Crippen molar-refractivity contribution in [3.63, 3.8) is 0 Å². The number of halogens is 2. The number of ketones is 3. The van der Waals surface area contributed by atoms with Gasteiger partial charge in [-0.05, 0) is 41.5 Å². The number of hydrogen-bond acceptors (Lipinski definition) is 4. The second kappa shape index (κ2) is 8.40. The van der Waals surface area contributed by atoms with E-state index in [0.29, 0.717) is 22.4 Å². The highest BCUT2D eigenvalue weighted by molar-refractivity contribution is 6.32. The molecule has 0 unspecified atom stereocenters. The predicted molar refractivity (Wildman–Crippen MR) is 143 cm³/mol. The van der Waals surface area contributed by atoms with Crippen molar-refractivity contribution < 1.29 is 23.2 Å². The van der Waals surface area contributed by atoms with Gasteiger partial charge in [-0.3, -0.25) is 14.4 Å². The molecule has 1 fully saturated rings. The van der Waals surface area contributed by atoms with Crippen LogP contribution in [0, 0.1) is 17.0 Å². The smallest absolute Gasteiger partial charge is 0.188 e. The zero-order valence-electron chi connectivity index (χ0n) is 20.6. The van der Waals surface area contributed by atoms with Crippen molar-refractivity contribution in [1.29, 1.82) is 0 Å². The third kappa shape index (κ3) is 3.05. The van der Waals surface area contributed by atoms with E-state index in [1.165, 1.54) is 42.5 Å². The summed E-state index contributed by atoms with van der Waals surface area (Å²) in [6.07, 6.45) is 3.66. The first-order chi connectivity index (χ1) is 18.9. The first-order valence-electron chi connectivity index (χ1n) is 12.7. The van der Waals surface area contributed by atoms with E-state index < -0.39 is 40.8 Å². The SMILES string of the molecule is O=C(c1ccccc1F)[C@@H]1[C@H](c2ccc(F)cc2)C2(C(=O)c3ccccc3C2=O)[C@@H]2C=Cc3ccccc3N12. The molecule has 0 amide bonds. The lowest BCUT2D eigenvalue weighted by atomic mass is 9.64. The lowest BCUT2D eigenvalue weighted by Crippen LogP contribution is -2.48. The number of fused-ring (bicyclic) bond motifs is 5. The first-order valence-corrected chi connectivity index (χ1v) is 12.7. The van der Waals surface area contributed by atoms with Crippen LogP contribution in [-0.2, 0) is 0 Å². The predicted octanol–water partition coefficient (Wildman–Crippen LogP) is 6.28. The fraction of sp³-hybridized carbons (Fsp3) is 0.121. The standard InChI is InChI=1S/C33H21F2NO3/c34-21-16-13-20(14-17-21)28-29(30(37)24-10-4-5-11-25(24)35)36-26-12-6-1-7-19(26)15-18-27(36)33(28)31(38)22-8-2-3-9-23(22)32(33)39/h1-18,27-29H/t27-,28-,29-/m0/s1. The molecule has 4 aromatic carbocycles. The monoisotopic (exact) mass is 517 g/mol. The van der Waals surface area contributed by atoms with E-state index in [-0.39, 0.29) is 17.1 Å². The Balaban J connectivity index is 1.56. The van der Waals surface area contributed by atoms with Gasteiger partial charge in [-0.15, -0.1) is 0 Å². The van der Waals surface area contributed by atoms with Gasteiger partial charge in [0.25, 0.3) is 0 Å². The van der Waals surface area contributed by atoms with Crippen LogP contribution in [0.4, 0.5) is 14.5 Å². The molecule has 3 atom stereocenters. The van der Waals surface area contributed by atoms with Gasteiger partial charge in [0.1, 0.15) is 23.1 Å². The molecule has 190 valence electrons. The lowest BCUT2D eigenvalue weighted by molar-refractivity contribution is 0.0666. The summed E-state index contributed by atoms with van der Waals surface area (Å²) in [7, 11) is 0. The minimum absolute atomic E-state index is 0.132. The zero-order chi connectivity index (χ0) is 26.9. The van der Waals surface area contributed by atoms with Crippen molar-refractivity contribution in [2.24, 2.45) is 5.41 Å². The Kier molecular flexibility index (Phi) is 5.04. The van der Waals surface area contributed by atoms with Gasteiger partial charge in [0.05, 0.1) is 11.6 Å². The van der Waals surface area contributed by atoms with Crippen LogP contribution < -0.4 is 4.90 Å². The van der Waals surface area contributed by atoms with Crippen molar-refractivity contribution in [2.75, 3.05) is 4.90 Å². The number of hydrogen-bond donors (Lipinski definition) is 0. The first kappa shape index (κ1) is 23.4. The van der Waals surface area contributed by atoms with Crippen LogP contribution >= 0.6 is 0 Å². The van der Waals surface area contributed by atoms with Gasteiger partial charge in [-0.2, -0.15) is 0 Å². The Morgan fingerprint density at radius 2 is 1.36 bits per heavy atom. The molecule has 2 heterocycles. The Hall–Kier alpha value is -4.71. The third-order valence-corrected chi connectivity index (χ3v) is 8.35. The van der Waals surface area contributed by atoms with Gasteiger partial charge >= 0.3 is 0 Å². The van der Waals surface area contributed by atoms with Crippen LogP contribution in [0.5, 0.6) is 0 Å². The molecule has 0 N–H and O–H groups in total. The largest absolute Gasteiger partial charge is 0.352 e. The number of nitrogens with zero attached hydrogens (tertiary/aromatic N) is 1. The molecule has 7 rings (SSSR count). The van der Waals surface area contributed by atoms with E-state index in [9.17, 15) is 18.8 Å². The van der Waals surface area contributed by atoms with Crippen LogP contribution in [-0.4, -0.2) is 29.4 Å². The highest BCUT2D eigenvalue weighted by atomic mass is 19.1. The van der Waals surface area contributed by atoms with E-state index in [1.807, 2.05) is 30.3 Å². The van der Waals surface area contributed by atoms with Gasteiger partial charge in [0.2, 0.25) is 0 Å². The van der Waals surface area contributed by atoms with E-state index in [2.05, 4.69) is 0 Å². The van der Waals surface area contributed by atoms with Crippen LogP contribution in [0.25, 0.3) is 6.08 Å². The summed E-state index contributed by atoms with van der Waals surface area (Å²) in [6.45, 7) is 0. The topological polar surface area (TPSA) is 54.5 Å². The molecule has 0 aromatic heterocycles. The van der Waals surface area contributed by atoms with E-state index in [4.69, 9.17) is 0 Å². The molecule has 3 aliphatic rings. The number of rotatable bonds is 3. The highest BCUT2D eigenvalue weighted by Crippen LogP contribution is 2.61. The van der Waals surface area contributed by atoms with Crippen molar-refractivity contribution in [2.45, 2.75) is 18.0 Å². The van der Waals surface area contributed by atoms with Crippen molar-refractivity contribution >= 4 is 29.1 Å². The molecule has 0 saturated carbocycles. The van der Waals surface area contributed by atoms with Crippen molar-refractivity contribution in [3.8, 4) is 0 Å². The second-order valence-electron chi connectivity index (χ2n) is 10.2. The second-order valence-corrected chi connectivity index (χ2v) is 10.2. The molecule has 4 aromatic rings. The molecule has 39 heavy (non-hydrogen) atoms. The molecule has 0 radical (unpaired) electrons. The van der Waals surface area contributed by atoms with Crippen LogP contribution in [0.2, 0.25) is 0 Å². The van der Waals surface area contributed by atoms with Crippen LogP contribution in [0.15, 0.2) is 103 Å². The Bertz CT molecular complexity index is 1690. The molecule has 0 bridgehead atoms.